The van der Waals surface area contributed by atoms with Gasteiger partial charge in [-0.15, -0.1) is 0 Å². The summed E-state index contributed by atoms with van der Waals surface area (Å²) in [5, 5.41) is 21.6. The van der Waals surface area contributed by atoms with Crippen molar-refractivity contribution in [1.82, 2.24) is 30.4 Å². The van der Waals surface area contributed by atoms with E-state index in [2.05, 4.69) is 31.0 Å². The monoisotopic (exact) mass is 393 g/mol. The maximum atomic E-state index is 12.6. The minimum absolute atomic E-state index is 0.288. The second-order valence-electron chi connectivity index (χ2n) is 6.25. The normalized spacial score (nSPS) is 14.6. The first-order chi connectivity index (χ1) is 14.2. The number of hydrogen-bond donors (Lipinski definition) is 2. The number of methoxy groups -OCH3 is 2. The average Bonchev–Trinajstić information content (AvgIpc) is 3.44. The van der Waals surface area contributed by atoms with Crippen molar-refractivity contribution in [2.75, 3.05) is 19.5 Å². The fourth-order valence-electron chi connectivity index (χ4n) is 3.47. The lowest BCUT2D eigenvalue weighted by Gasteiger charge is -2.28. The quantitative estimate of drug-likeness (QED) is 0.468. The molecule has 11 nitrogen and oxygen atoms in total. The Labute approximate surface area is 163 Å². The number of tetrazole rings is 1. The van der Waals surface area contributed by atoms with E-state index in [1.165, 1.54) is 6.26 Å². The predicted molar refractivity (Wildman–Crippen MR) is 100 cm³/mol. The first-order valence-electron chi connectivity index (χ1n) is 8.64. The Morgan fingerprint density at radius 3 is 2.86 bits per heavy atom. The summed E-state index contributed by atoms with van der Waals surface area (Å²) in [5.41, 5.74) is 1.64. The maximum Gasteiger partial charge on any atom is 0.288 e. The fourth-order valence-corrected chi connectivity index (χ4v) is 3.47. The van der Waals surface area contributed by atoms with Crippen molar-refractivity contribution in [3.63, 3.8) is 0 Å². The molecule has 29 heavy (non-hydrogen) atoms. The van der Waals surface area contributed by atoms with Gasteiger partial charge in [0.1, 0.15) is 28.9 Å². The molecule has 0 amide bonds. The van der Waals surface area contributed by atoms with Crippen molar-refractivity contribution >= 4 is 11.6 Å². The van der Waals surface area contributed by atoms with Crippen molar-refractivity contribution in [2.45, 2.75) is 6.04 Å². The molecule has 3 aromatic heterocycles. The van der Waals surface area contributed by atoms with Gasteiger partial charge in [-0.05, 0) is 34.7 Å². The van der Waals surface area contributed by atoms with Crippen LogP contribution in [0.3, 0.4) is 0 Å². The van der Waals surface area contributed by atoms with E-state index >= 15 is 0 Å². The molecule has 1 aliphatic rings. The number of anilines is 2. The van der Waals surface area contributed by atoms with Gasteiger partial charge in [-0.25, -0.2) is 5.10 Å². The Morgan fingerprint density at radius 1 is 1.21 bits per heavy atom. The second-order valence-corrected chi connectivity index (χ2v) is 6.25. The van der Waals surface area contributed by atoms with E-state index in [9.17, 15) is 4.79 Å². The second kappa shape index (κ2) is 6.48. The third-order valence-electron chi connectivity index (χ3n) is 4.76. The van der Waals surface area contributed by atoms with Gasteiger partial charge in [-0.3, -0.25) is 4.79 Å². The smallest absolute Gasteiger partial charge is 0.288 e. The number of furan rings is 1. The van der Waals surface area contributed by atoms with Gasteiger partial charge in [-0.1, -0.05) is 5.10 Å². The lowest BCUT2D eigenvalue weighted by molar-refractivity contribution is 0.386. The van der Waals surface area contributed by atoms with E-state index in [1.54, 1.807) is 43.2 Å². The molecule has 0 spiro atoms. The summed E-state index contributed by atoms with van der Waals surface area (Å²) in [7, 11) is 3.14. The number of rotatable bonds is 4. The number of nitrogens with one attached hydrogen (secondary N) is 2. The van der Waals surface area contributed by atoms with Crippen molar-refractivity contribution < 1.29 is 13.9 Å². The van der Waals surface area contributed by atoms with Crippen LogP contribution in [0.4, 0.5) is 11.6 Å². The molecule has 5 rings (SSSR count). The molecule has 0 radical (unpaired) electrons. The largest absolute Gasteiger partial charge is 0.497 e. The summed E-state index contributed by atoms with van der Waals surface area (Å²) in [5.74, 6) is 2.00. The highest BCUT2D eigenvalue weighted by Gasteiger charge is 2.36. The number of nitrogens with zero attached hydrogens (tertiary/aromatic N) is 5. The average molecular weight is 393 g/mol. The zero-order valence-corrected chi connectivity index (χ0v) is 15.4. The Hall–Kier alpha value is -4.15. The number of ether oxygens (including phenoxy) is 2. The predicted octanol–water partition coefficient (Wildman–Crippen LogP) is 1.73. The molecule has 0 saturated carbocycles. The zero-order valence-electron chi connectivity index (χ0n) is 15.4. The van der Waals surface area contributed by atoms with Crippen molar-refractivity contribution in [3.8, 4) is 23.0 Å². The van der Waals surface area contributed by atoms with Crippen LogP contribution in [0.15, 0.2) is 45.8 Å². The van der Waals surface area contributed by atoms with Crippen LogP contribution >= 0.6 is 0 Å². The number of benzene rings is 1. The summed E-state index contributed by atoms with van der Waals surface area (Å²) in [6, 6.07) is 8.32. The summed E-state index contributed by atoms with van der Waals surface area (Å²) >= 11 is 0. The topological polar surface area (TPSA) is 133 Å². The molecule has 0 aliphatic carbocycles. The minimum Gasteiger partial charge on any atom is -0.497 e. The number of H-pyrrole nitrogens is 1. The molecule has 4 heterocycles. The van der Waals surface area contributed by atoms with Crippen LogP contribution in [-0.2, 0) is 0 Å². The Bertz CT molecular complexity index is 1250. The van der Waals surface area contributed by atoms with Gasteiger partial charge >= 0.3 is 0 Å². The third kappa shape index (κ3) is 2.55. The van der Waals surface area contributed by atoms with Gasteiger partial charge in [0.25, 0.3) is 5.56 Å². The fraction of sp³-hybridized carbons (Fsp3) is 0.167. The summed E-state index contributed by atoms with van der Waals surface area (Å²) in [6.07, 6.45) is 1.54. The standard InChI is InChI=1S/C18H15N7O4/c1-27-9-5-6-10(12(8-9)28-2)16-13-14(11-4-3-7-29-11)20-21-17(26)15(13)19-18-22-23-24-25(16)18/h3-8,16H,1-2H3,(H,21,26)(H,19,22,24)/t16-/m1/s1. The van der Waals surface area contributed by atoms with Crippen LogP contribution < -0.4 is 20.3 Å². The first kappa shape index (κ1) is 17.0. The van der Waals surface area contributed by atoms with Gasteiger partial charge in [-0.2, -0.15) is 9.78 Å². The van der Waals surface area contributed by atoms with E-state index in [0.29, 0.717) is 34.5 Å². The molecule has 11 heteroatoms. The Morgan fingerprint density at radius 2 is 2.10 bits per heavy atom. The Kier molecular flexibility index (Phi) is 3.79. The van der Waals surface area contributed by atoms with Gasteiger partial charge in [0.15, 0.2) is 5.76 Å². The summed E-state index contributed by atoms with van der Waals surface area (Å²) < 4.78 is 18.0. The highest BCUT2D eigenvalue weighted by Crippen LogP contribution is 2.44. The van der Waals surface area contributed by atoms with E-state index in [0.717, 1.165) is 5.56 Å². The first-order valence-corrected chi connectivity index (χ1v) is 8.64. The van der Waals surface area contributed by atoms with Gasteiger partial charge in [0.05, 0.1) is 20.5 Å². The molecular weight excluding hydrogens is 378 g/mol. The summed E-state index contributed by atoms with van der Waals surface area (Å²) in [6.45, 7) is 0. The van der Waals surface area contributed by atoms with Crippen LogP contribution in [-0.4, -0.2) is 44.6 Å². The molecule has 0 fully saturated rings. The highest BCUT2D eigenvalue weighted by molar-refractivity contribution is 5.74. The number of hydrogen-bond acceptors (Lipinski definition) is 9. The molecule has 1 atom stereocenters. The zero-order chi connectivity index (χ0) is 20.0. The SMILES string of the molecule is COc1ccc([C@@H]2c3c(-c4ccco4)n[nH]c(=O)c3Nc3nnnn32)c(OC)c1. The van der Waals surface area contributed by atoms with E-state index in [-0.39, 0.29) is 5.69 Å². The van der Waals surface area contributed by atoms with Crippen molar-refractivity contribution in [2.24, 2.45) is 0 Å². The van der Waals surface area contributed by atoms with Crippen molar-refractivity contribution in [1.29, 1.82) is 0 Å². The third-order valence-corrected chi connectivity index (χ3v) is 4.76. The van der Waals surface area contributed by atoms with Gasteiger partial charge in [0.2, 0.25) is 5.95 Å². The lowest BCUT2D eigenvalue weighted by atomic mass is 9.93. The van der Waals surface area contributed by atoms with Gasteiger partial charge < -0.3 is 19.2 Å². The molecule has 0 saturated heterocycles. The molecule has 0 unspecified atom stereocenters. The molecule has 1 aromatic carbocycles. The van der Waals surface area contributed by atoms with Crippen LogP contribution in [0.2, 0.25) is 0 Å². The van der Waals surface area contributed by atoms with E-state index in [1.807, 2.05) is 6.07 Å². The van der Waals surface area contributed by atoms with Gasteiger partial charge in [0, 0.05) is 17.2 Å². The van der Waals surface area contributed by atoms with Crippen LogP contribution in [0.1, 0.15) is 17.2 Å². The number of aromatic amines is 1. The molecule has 0 bridgehead atoms. The van der Waals surface area contributed by atoms with Crippen LogP contribution in [0.25, 0.3) is 11.5 Å². The molecule has 2 N–H and O–H groups in total. The lowest BCUT2D eigenvalue weighted by Crippen LogP contribution is -2.29. The van der Waals surface area contributed by atoms with E-state index in [4.69, 9.17) is 13.9 Å². The minimum atomic E-state index is -0.591. The molecule has 4 aromatic rings. The van der Waals surface area contributed by atoms with Crippen LogP contribution in [0.5, 0.6) is 11.5 Å². The maximum absolute atomic E-state index is 12.6. The number of fused-ring (bicyclic) bond motifs is 2. The molecular formula is C18H15N7O4. The van der Waals surface area contributed by atoms with Crippen LogP contribution in [0, 0.1) is 0 Å². The van der Waals surface area contributed by atoms with Crippen molar-refractivity contribution in [3.05, 3.63) is 58.1 Å². The molecule has 1 aliphatic heterocycles. The summed E-state index contributed by atoms with van der Waals surface area (Å²) in [4.78, 5) is 12.6. The highest BCUT2D eigenvalue weighted by atomic mass is 16.5. The van der Waals surface area contributed by atoms with E-state index < -0.39 is 11.6 Å². The Balaban J connectivity index is 1.83. The molecule has 146 valence electrons. The number of aromatic nitrogens is 6.